The lowest BCUT2D eigenvalue weighted by molar-refractivity contribution is 0.0952. The highest BCUT2D eigenvalue weighted by Crippen LogP contribution is 2.23. The first-order chi connectivity index (χ1) is 8.86. The van der Waals surface area contributed by atoms with E-state index in [1.807, 2.05) is 24.3 Å². The third kappa shape index (κ3) is 1.89. The van der Waals surface area contributed by atoms with Crippen molar-refractivity contribution < 1.29 is 9.32 Å². The number of rotatable bonds is 1. The summed E-state index contributed by atoms with van der Waals surface area (Å²) in [7, 11) is 0. The number of amides is 1. The van der Waals surface area contributed by atoms with E-state index in [-0.39, 0.29) is 11.7 Å². The van der Waals surface area contributed by atoms with Gasteiger partial charge in [0, 0.05) is 31.4 Å². The zero-order valence-electron chi connectivity index (χ0n) is 9.80. The maximum atomic E-state index is 12.3. The fraction of sp³-hybridized carbons (Fsp3) is 0.231. The molecule has 1 amide bonds. The summed E-state index contributed by atoms with van der Waals surface area (Å²) < 4.78 is 4.94. The van der Waals surface area contributed by atoms with Gasteiger partial charge in [-0.3, -0.25) is 4.79 Å². The summed E-state index contributed by atoms with van der Waals surface area (Å²) in [6.07, 6.45) is 1.48. The van der Waals surface area contributed by atoms with Crippen LogP contribution in [0.4, 0.5) is 5.69 Å². The van der Waals surface area contributed by atoms with Gasteiger partial charge in [0.2, 0.25) is 5.76 Å². The van der Waals surface area contributed by atoms with Crippen molar-refractivity contribution in [1.29, 1.82) is 0 Å². The zero-order chi connectivity index (χ0) is 12.4. The molecule has 18 heavy (non-hydrogen) atoms. The molecule has 0 fully saturated rings. The number of hydrogen-bond acceptors (Lipinski definition) is 4. The Morgan fingerprint density at radius 2 is 2.22 bits per heavy atom. The van der Waals surface area contributed by atoms with E-state index in [9.17, 15) is 4.79 Å². The highest BCUT2D eigenvalue weighted by atomic mass is 16.5. The van der Waals surface area contributed by atoms with Crippen LogP contribution in [0, 0.1) is 0 Å². The fourth-order valence-corrected chi connectivity index (χ4v) is 2.13. The summed E-state index contributed by atoms with van der Waals surface area (Å²) >= 11 is 0. The Morgan fingerprint density at radius 1 is 1.33 bits per heavy atom. The van der Waals surface area contributed by atoms with Crippen molar-refractivity contribution in [3.8, 4) is 0 Å². The number of carbonyl (C=O) groups is 1. The Hall–Kier alpha value is -2.14. The molecule has 0 aliphatic carbocycles. The van der Waals surface area contributed by atoms with E-state index in [1.54, 1.807) is 11.0 Å². The Labute approximate surface area is 104 Å². The molecule has 1 aliphatic heterocycles. The van der Waals surface area contributed by atoms with Crippen molar-refractivity contribution in [3.63, 3.8) is 0 Å². The normalized spacial score (nSPS) is 15.0. The zero-order valence-corrected chi connectivity index (χ0v) is 9.80. The monoisotopic (exact) mass is 243 g/mol. The molecule has 0 spiro atoms. The van der Waals surface area contributed by atoms with Crippen molar-refractivity contribution in [2.75, 3.05) is 18.0 Å². The van der Waals surface area contributed by atoms with Crippen LogP contribution in [0.2, 0.25) is 0 Å². The average molecular weight is 243 g/mol. The van der Waals surface area contributed by atoms with Crippen LogP contribution in [0.15, 0.2) is 41.1 Å². The van der Waals surface area contributed by atoms with Gasteiger partial charge in [0.25, 0.3) is 5.91 Å². The number of hydrogen-bond donors (Lipinski definition) is 1. The third-order valence-corrected chi connectivity index (χ3v) is 3.00. The molecule has 0 atom stereocenters. The first-order valence-electron chi connectivity index (χ1n) is 5.87. The van der Waals surface area contributed by atoms with E-state index >= 15 is 0 Å². The SMILES string of the molecule is O=C(c1ccno1)N1CCNCc2ccccc21. The van der Waals surface area contributed by atoms with E-state index in [4.69, 9.17) is 4.52 Å². The van der Waals surface area contributed by atoms with E-state index in [0.29, 0.717) is 6.54 Å². The molecule has 1 N–H and O–H groups in total. The van der Waals surface area contributed by atoms with Crippen LogP contribution in [0.5, 0.6) is 0 Å². The molecular weight excluding hydrogens is 230 g/mol. The number of para-hydroxylation sites is 1. The molecule has 0 saturated heterocycles. The standard InChI is InChI=1S/C13H13N3O2/c17-13(12-5-6-15-18-12)16-8-7-14-9-10-3-1-2-4-11(10)16/h1-6,14H,7-9H2. The van der Waals surface area contributed by atoms with Gasteiger partial charge in [-0.15, -0.1) is 0 Å². The number of nitrogens with one attached hydrogen (secondary N) is 1. The molecule has 92 valence electrons. The Bertz CT molecular complexity index is 551. The van der Waals surface area contributed by atoms with Crippen molar-refractivity contribution in [2.45, 2.75) is 6.54 Å². The number of carbonyl (C=O) groups excluding carboxylic acids is 1. The number of fused-ring (bicyclic) bond motifs is 1. The van der Waals surface area contributed by atoms with Crippen LogP contribution < -0.4 is 10.2 Å². The minimum atomic E-state index is -0.149. The van der Waals surface area contributed by atoms with E-state index in [2.05, 4.69) is 10.5 Å². The number of aromatic nitrogens is 1. The van der Waals surface area contributed by atoms with Crippen LogP contribution in [-0.2, 0) is 6.54 Å². The molecule has 2 aromatic rings. The second-order valence-electron chi connectivity index (χ2n) is 4.14. The van der Waals surface area contributed by atoms with Gasteiger partial charge in [-0.1, -0.05) is 23.4 Å². The predicted octanol–water partition coefficient (Wildman–Crippen LogP) is 1.42. The molecule has 3 rings (SSSR count). The van der Waals surface area contributed by atoms with Gasteiger partial charge < -0.3 is 14.7 Å². The lowest BCUT2D eigenvalue weighted by Crippen LogP contribution is -2.34. The minimum Gasteiger partial charge on any atom is -0.351 e. The highest BCUT2D eigenvalue weighted by Gasteiger charge is 2.23. The largest absolute Gasteiger partial charge is 0.351 e. The summed E-state index contributed by atoms with van der Waals surface area (Å²) in [5.74, 6) is 0.121. The van der Waals surface area contributed by atoms with Crippen LogP contribution in [0.3, 0.4) is 0 Å². The van der Waals surface area contributed by atoms with Gasteiger partial charge >= 0.3 is 0 Å². The fourth-order valence-electron chi connectivity index (χ4n) is 2.13. The molecule has 5 heteroatoms. The number of anilines is 1. The maximum absolute atomic E-state index is 12.3. The van der Waals surface area contributed by atoms with Crippen LogP contribution >= 0.6 is 0 Å². The molecule has 1 aromatic heterocycles. The molecule has 0 saturated carbocycles. The molecule has 0 unspecified atom stereocenters. The first-order valence-corrected chi connectivity index (χ1v) is 5.87. The summed E-state index contributed by atoms with van der Waals surface area (Å²) in [6, 6.07) is 9.47. The molecule has 5 nitrogen and oxygen atoms in total. The molecule has 1 aromatic carbocycles. The second kappa shape index (κ2) is 4.62. The molecular formula is C13H13N3O2. The van der Waals surface area contributed by atoms with Crippen molar-refractivity contribution in [3.05, 3.63) is 47.9 Å². The molecule has 2 heterocycles. The number of nitrogens with zero attached hydrogens (tertiary/aromatic N) is 2. The molecule has 0 bridgehead atoms. The van der Waals surface area contributed by atoms with E-state index < -0.39 is 0 Å². The van der Waals surface area contributed by atoms with Crippen molar-refractivity contribution in [2.24, 2.45) is 0 Å². The van der Waals surface area contributed by atoms with Gasteiger partial charge in [0.15, 0.2) is 0 Å². The highest BCUT2D eigenvalue weighted by molar-refractivity contribution is 6.04. The summed E-state index contributed by atoms with van der Waals surface area (Å²) in [6.45, 7) is 2.15. The smallest absolute Gasteiger partial charge is 0.296 e. The summed E-state index contributed by atoms with van der Waals surface area (Å²) in [5.41, 5.74) is 2.05. The van der Waals surface area contributed by atoms with Gasteiger partial charge in [-0.2, -0.15) is 0 Å². The summed E-state index contributed by atoms with van der Waals surface area (Å²) in [4.78, 5) is 14.1. The second-order valence-corrected chi connectivity index (χ2v) is 4.14. The lowest BCUT2D eigenvalue weighted by atomic mass is 10.1. The van der Waals surface area contributed by atoms with E-state index in [0.717, 1.165) is 24.3 Å². The average Bonchev–Trinajstić information content (AvgIpc) is 2.85. The summed E-state index contributed by atoms with van der Waals surface area (Å²) in [5, 5.41) is 6.87. The minimum absolute atomic E-state index is 0.149. The van der Waals surface area contributed by atoms with Crippen molar-refractivity contribution in [1.82, 2.24) is 10.5 Å². The topological polar surface area (TPSA) is 58.4 Å². The van der Waals surface area contributed by atoms with Gasteiger partial charge in [0.1, 0.15) is 0 Å². The Kier molecular flexibility index (Phi) is 2.82. The first kappa shape index (κ1) is 11.0. The Balaban J connectivity index is 1.99. The van der Waals surface area contributed by atoms with E-state index in [1.165, 1.54) is 6.20 Å². The molecule has 0 radical (unpaired) electrons. The van der Waals surface area contributed by atoms with Crippen LogP contribution in [0.25, 0.3) is 0 Å². The maximum Gasteiger partial charge on any atom is 0.296 e. The lowest BCUT2D eigenvalue weighted by Gasteiger charge is -2.20. The number of benzene rings is 1. The van der Waals surface area contributed by atoms with Gasteiger partial charge in [0.05, 0.1) is 6.20 Å². The molecule has 1 aliphatic rings. The third-order valence-electron chi connectivity index (χ3n) is 3.00. The quantitative estimate of drug-likeness (QED) is 0.823. The van der Waals surface area contributed by atoms with Gasteiger partial charge in [-0.25, -0.2) is 0 Å². The predicted molar refractivity (Wildman–Crippen MR) is 66.3 cm³/mol. The van der Waals surface area contributed by atoms with Crippen LogP contribution in [0.1, 0.15) is 16.1 Å². The van der Waals surface area contributed by atoms with Gasteiger partial charge in [-0.05, 0) is 11.6 Å². The van der Waals surface area contributed by atoms with Crippen LogP contribution in [-0.4, -0.2) is 24.2 Å². The van der Waals surface area contributed by atoms with Crippen molar-refractivity contribution >= 4 is 11.6 Å². The Morgan fingerprint density at radius 3 is 3.06 bits per heavy atom.